The fourth-order valence-electron chi connectivity index (χ4n) is 3.94. The van der Waals surface area contributed by atoms with E-state index in [1.165, 1.54) is 12.0 Å². The zero-order valence-corrected chi connectivity index (χ0v) is 15.1. The number of aromatic nitrogens is 3. The maximum atomic E-state index is 5.76. The zero-order chi connectivity index (χ0) is 18.1. The Balaban J connectivity index is 1.33. The molecule has 0 N–H and O–H groups in total. The molecule has 0 aliphatic carbocycles. The van der Waals surface area contributed by atoms with Gasteiger partial charge in [0.25, 0.3) is 0 Å². The van der Waals surface area contributed by atoms with Crippen LogP contribution in [0.25, 0.3) is 5.69 Å². The van der Waals surface area contributed by atoms with E-state index in [1.54, 1.807) is 6.20 Å². The van der Waals surface area contributed by atoms with Gasteiger partial charge in [-0.25, -0.2) is 4.68 Å². The first-order valence-electron chi connectivity index (χ1n) is 9.45. The average Bonchev–Trinajstić information content (AvgIpc) is 3.40. The monoisotopic (exact) mass is 362 g/mol. The lowest BCUT2D eigenvalue weighted by molar-refractivity contribution is 0.170. The van der Waals surface area contributed by atoms with E-state index >= 15 is 0 Å². The summed E-state index contributed by atoms with van der Waals surface area (Å²) in [6.07, 6.45) is 7.94. The van der Waals surface area contributed by atoms with Crippen LogP contribution in [0.5, 0.6) is 11.5 Å². The first-order chi connectivity index (χ1) is 13.4. The fraction of sp³-hybridized carbons (Fsp3) is 0.333. The molecular formula is C21H22N4O2. The summed E-state index contributed by atoms with van der Waals surface area (Å²) in [4.78, 5) is 7.15. The minimum atomic E-state index is 0.397. The number of pyridine rings is 1. The molecule has 1 atom stereocenters. The van der Waals surface area contributed by atoms with Crippen molar-refractivity contribution in [3.63, 3.8) is 0 Å². The van der Waals surface area contributed by atoms with Crippen molar-refractivity contribution in [1.82, 2.24) is 19.7 Å². The summed E-state index contributed by atoms with van der Waals surface area (Å²) in [5.74, 6) is 1.72. The Bertz CT molecular complexity index is 908. The van der Waals surface area contributed by atoms with Crippen molar-refractivity contribution in [2.24, 2.45) is 0 Å². The number of rotatable bonds is 4. The fourth-order valence-corrected chi connectivity index (χ4v) is 3.94. The topological polar surface area (TPSA) is 52.4 Å². The van der Waals surface area contributed by atoms with E-state index in [0.29, 0.717) is 19.3 Å². The number of likely N-dealkylation sites (tertiary alicyclic amines) is 1. The molecule has 2 aliphatic rings. The maximum Gasteiger partial charge on any atom is 0.161 e. The second-order valence-corrected chi connectivity index (χ2v) is 6.99. The molecule has 2 aromatic heterocycles. The number of nitrogens with zero attached hydrogens (tertiary/aromatic N) is 4. The van der Waals surface area contributed by atoms with Crippen molar-refractivity contribution in [1.29, 1.82) is 0 Å². The molecule has 6 heteroatoms. The van der Waals surface area contributed by atoms with Crippen LogP contribution in [0.1, 0.15) is 30.1 Å². The first-order valence-corrected chi connectivity index (χ1v) is 9.45. The molecule has 2 aliphatic heterocycles. The number of benzene rings is 1. The standard InChI is InChI=1S/C21H22N4O2/c1-3-19(16-4-7-20-21(13-16)27-12-11-26-20)24(9-1)15-17-5-6-18(14-22-17)25-10-2-8-23-25/h2,4-8,10,13-14,19H,1,3,9,11-12,15H2/t19-/m1/s1. The van der Waals surface area contributed by atoms with Crippen molar-refractivity contribution in [3.8, 4) is 17.2 Å². The molecule has 4 heterocycles. The van der Waals surface area contributed by atoms with Gasteiger partial charge in [-0.2, -0.15) is 5.10 Å². The van der Waals surface area contributed by atoms with Crippen LogP contribution in [0.4, 0.5) is 0 Å². The maximum absolute atomic E-state index is 5.76. The molecule has 5 rings (SSSR count). The van der Waals surface area contributed by atoms with E-state index in [4.69, 9.17) is 9.47 Å². The zero-order valence-electron chi connectivity index (χ0n) is 15.1. The normalized spacial score (nSPS) is 19.3. The molecule has 0 unspecified atom stereocenters. The summed E-state index contributed by atoms with van der Waals surface area (Å²) in [7, 11) is 0. The Morgan fingerprint density at radius 2 is 2.00 bits per heavy atom. The molecule has 138 valence electrons. The highest BCUT2D eigenvalue weighted by Gasteiger charge is 2.27. The minimum Gasteiger partial charge on any atom is -0.486 e. The highest BCUT2D eigenvalue weighted by molar-refractivity contribution is 5.45. The van der Waals surface area contributed by atoms with Crippen LogP contribution in [-0.4, -0.2) is 39.4 Å². The Morgan fingerprint density at radius 1 is 1.07 bits per heavy atom. The highest BCUT2D eigenvalue weighted by atomic mass is 16.6. The van der Waals surface area contributed by atoms with Crippen molar-refractivity contribution >= 4 is 0 Å². The Hall–Kier alpha value is -2.86. The molecule has 3 aromatic rings. The summed E-state index contributed by atoms with van der Waals surface area (Å²) >= 11 is 0. The van der Waals surface area contributed by atoms with E-state index in [1.807, 2.05) is 29.2 Å². The largest absolute Gasteiger partial charge is 0.486 e. The van der Waals surface area contributed by atoms with E-state index in [2.05, 4.69) is 39.2 Å². The van der Waals surface area contributed by atoms with Gasteiger partial charge in [0.1, 0.15) is 13.2 Å². The highest BCUT2D eigenvalue weighted by Crippen LogP contribution is 2.38. The Morgan fingerprint density at radius 3 is 2.81 bits per heavy atom. The third-order valence-corrected chi connectivity index (χ3v) is 5.26. The lowest BCUT2D eigenvalue weighted by Crippen LogP contribution is -2.23. The van der Waals surface area contributed by atoms with Gasteiger partial charge in [-0.1, -0.05) is 6.07 Å². The third kappa shape index (κ3) is 3.28. The van der Waals surface area contributed by atoms with Gasteiger partial charge in [-0.05, 0) is 55.3 Å². The van der Waals surface area contributed by atoms with Crippen LogP contribution >= 0.6 is 0 Å². The first kappa shape index (κ1) is 16.3. The van der Waals surface area contributed by atoms with Crippen LogP contribution in [0.3, 0.4) is 0 Å². The van der Waals surface area contributed by atoms with Gasteiger partial charge in [0.2, 0.25) is 0 Å². The second-order valence-electron chi connectivity index (χ2n) is 6.99. The lowest BCUT2D eigenvalue weighted by atomic mass is 10.0. The molecule has 6 nitrogen and oxygen atoms in total. The van der Waals surface area contributed by atoms with Gasteiger partial charge in [0.15, 0.2) is 11.5 Å². The number of fused-ring (bicyclic) bond motifs is 1. The van der Waals surface area contributed by atoms with Crippen molar-refractivity contribution in [3.05, 3.63) is 66.2 Å². The average molecular weight is 362 g/mol. The van der Waals surface area contributed by atoms with E-state index in [0.717, 1.165) is 42.4 Å². The Labute approximate surface area is 158 Å². The van der Waals surface area contributed by atoms with Gasteiger partial charge in [-0.15, -0.1) is 0 Å². The predicted octanol–water partition coefficient (Wildman–Crippen LogP) is 3.38. The molecule has 0 amide bonds. The Kier molecular flexibility index (Phi) is 4.26. The summed E-state index contributed by atoms with van der Waals surface area (Å²) in [6.45, 7) is 3.18. The molecule has 0 spiro atoms. The molecule has 0 radical (unpaired) electrons. The van der Waals surface area contributed by atoms with Crippen LogP contribution in [0.2, 0.25) is 0 Å². The van der Waals surface area contributed by atoms with E-state index in [-0.39, 0.29) is 0 Å². The van der Waals surface area contributed by atoms with Crippen LogP contribution in [0.15, 0.2) is 55.0 Å². The number of hydrogen-bond acceptors (Lipinski definition) is 5. The molecule has 0 saturated carbocycles. The van der Waals surface area contributed by atoms with Crippen molar-refractivity contribution in [2.45, 2.75) is 25.4 Å². The van der Waals surface area contributed by atoms with Crippen LogP contribution in [-0.2, 0) is 6.54 Å². The molecule has 1 aromatic carbocycles. The van der Waals surface area contributed by atoms with Gasteiger partial charge in [0, 0.05) is 25.0 Å². The summed E-state index contributed by atoms with van der Waals surface area (Å²) in [6, 6.07) is 12.8. The SMILES string of the molecule is c1cnn(-c2ccc(CN3CCC[C@@H]3c3ccc4c(c3)OCCO4)nc2)c1. The quantitative estimate of drug-likeness (QED) is 0.712. The van der Waals surface area contributed by atoms with E-state index in [9.17, 15) is 0 Å². The minimum absolute atomic E-state index is 0.397. The smallest absolute Gasteiger partial charge is 0.161 e. The van der Waals surface area contributed by atoms with Gasteiger partial charge in [-0.3, -0.25) is 9.88 Å². The predicted molar refractivity (Wildman–Crippen MR) is 101 cm³/mol. The van der Waals surface area contributed by atoms with Gasteiger partial charge in [0.05, 0.1) is 17.6 Å². The summed E-state index contributed by atoms with van der Waals surface area (Å²) < 4.78 is 13.2. The number of hydrogen-bond donors (Lipinski definition) is 0. The lowest BCUT2D eigenvalue weighted by Gasteiger charge is -2.26. The van der Waals surface area contributed by atoms with Crippen LogP contribution in [0, 0.1) is 0 Å². The van der Waals surface area contributed by atoms with E-state index < -0.39 is 0 Å². The summed E-state index contributed by atoms with van der Waals surface area (Å²) in [5.41, 5.74) is 3.36. The van der Waals surface area contributed by atoms with Gasteiger partial charge >= 0.3 is 0 Å². The molecule has 1 saturated heterocycles. The second kappa shape index (κ2) is 7.04. The molecule has 27 heavy (non-hydrogen) atoms. The van der Waals surface area contributed by atoms with Crippen molar-refractivity contribution in [2.75, 3.05) is 19.8 Å². The van der Waals surface area contributed by atoms with Crippen molar-refractivity contribution < 1.29 is 9.47 Å². The molecule has 0 bridgehead atoms. The third-order valence-electron chi connectivity index (χ3n) is 5.26. The molecular weight excluding hydrogens is 340 g/mol. The van der Waals surface area contributed by atoms with Crippen LogP contribution < -0.4 is 9.47 Å². The van der Waals surface area contributed by atoms with Gasteiger partial charge < -0.3 is 9.47 Å². The molecule has 1 fully saturated rings. The summed E-state index contributed by atoms with van der Waals surface area (Å²) in [5, 5.41) is 4.25. The number of ether oxygens (including phenoxy) is 2.